The summed E-state index contributed by atoms with van der Waals surface area (Å²) in [6, 6.07) is 1.56. The second kappa shape index (κ2) is 7.75. The molecule has 2 N–H and O–H groups in total. The molecular formula is C15H22N4O4. The van der Waals surface area contributed by atoms with Crippen LogP contribution >= 0.6 is 0 Å². The molecule has 126 valence electrons. The van der Waals surface area contributed by atoms with Crippen LogP contribution in [0.2, 0.25) is 0 Å². The Hall–Kier alpha value is -2.38. The highest BCUT2D eigenvalue weighted by molar-refractivity contribution is 5.92. The molecule has 1 fully saturated rings. The molecule has 1 aliphatic heterocycles. The average Bonchev–Trinajstić information content (AvgIpc) is 2.93. The van der Waals surface area contributed by atoms with Crippen molar-refractivity contribution in [2.24, 2.45) is 5.92 Å². The molecule has 0 bridgehead atoms. The van der Waals surface area contributed by atoms with E-state index in [1.54, 1.807) is 11.0 Å². The second-order valence-electron chi connectivity index (χ2n) is 5.71. The summed E-state index contributed by atoms with van der Waals surface area (Å²) in [5.41, 5.74) is 0. The van der Waals surface area contributed by atoms with E-state index in [2.05, 4.69) is 10.4 Å². The Kier molecular flexibility index (Phi) is 5.72. The van der Waals surface area contributed by atoms with Gasteiger partial charge in [0, 0.05) is 31.8 Å². The van der Waals surface area contributed by atoms with Gasteiger partial charge in [-0.1, -0.05) is 6.92 Å². The third kappa shape index (κ3) is 4.80. The zero-order chi connectivity index (χ0) is 16.8. The van der Waals surface area contributed by atoms with Crippen molar-refractivity contribution >= 4 is 23.6 Å². The number of carbonyl (C=O) groups is 3. The lowest BCUT2D eigenvalue weighted by Crippen LogP contribution is -2.43. The predicted molar refractivity (Wildman–Crippen MR) is 82.7 cm³/mol. The van der Waals surface area contributed by atoms with E-state index in [0.717, 1.165) is 19.3 Å². The number of piperidine rings is 1. The molecule has 1 unspecified atom stereocenters. The summed E-state index contributed by atoms with van der Waals surface area (Å²) in [7, 11) is 0. The maximum Gasteiger partial charge on any atom is 0.325 e. The van der Waals surface area contributed by atoms with E-state index in [1.807, 2.05) is 6.92 Å². The molecule has 2 rings (SSSR count). The maximum absolute atomic E-state index is 12.3. The number of carboxylic acids is 1. The normalized spacial score (nSPS) is 17.8. The fourth-order valence-electron chi connectivity index (χ4n) is 2.67. The minimum Gasteiger partial charge on any atom is -0.480 e. The molecule has 0 aromatic carbocycles. The Morgan fingerprint density at radius 2 is 2.22 bits per heavy atom. The molecule has 0 saturated carbocycles. The van der Waals surface area contributed by atoms with E-state index in [4.69, 9.17) is 5.11 Å². The van der Waals surface area contributed by atoms with Crippen molar-refractivity contribution in [3.05, 3.63) is 12.3 Å². The smallest absolute Gasteiger partial charge is 0.325 e. The number of rotatable bonds is 6. The van der Waals surface area contributed by atoms with E-state index in [0.29, 0.717) is 25.3 Å². The number of aliphatic carboxylic acids is 1. The minimum absolute atomic E-state index is 0.0933. The molecule has 0 aliphatic carbocycles. The third-order valence-corrected chi connectivity index (χ3v) is 3.80. The molecule has 2 amide bonds. The average molecular weight is 322 g/mol. The van der Waals surface area contributed by atoms with Gasteiger partial charge in [0.2, 0.25) is 11.8 Å². The topological polar surface area (TPSA) is 105 Å². The van der Waals surface area contributed by atoms with E-state index in [-0.39, 0.29) is 24.3 Å². The zero-order valence-electron chi connectivity index (χ0n) is 13.2. The molecular weight excluding hydrogens is 300 g/mol. The van der Waals surface area contributed by atoms with Gasteiger partial charge in [0.15, 0.2) is 5.82 Å². The van der Waals surface area contributed by atoms with E-state index in [1.165, 1.54) is 10.9 Å². The van der Waals surface area contributed by atoms with Gasteiger partial charge in [-0.25, -0.2) is 0 Å². The Bertz CT molecular complexity index is 584. The Balaban J connectivity index is 1.90. The van der Waals surface area contributed by atoms with Crippen molar-refractivity contribution in [3.8, 4) is 0 Å². The SMILES string of the molecule is CCCC(=O)N1CCCC(C(=O)Nc2ccn(CC(=O)O)n2)C1. The van der Waals surface area contributed by atoms with Crippen LogP contribution in [0, 0.1) is 5.92 Å². The van der Waals surface area contributed by atoms with Crippen LogP contribution in [0.4, 0.5) is 5.82 Å². The highest BCUT2D eigenvalue weighted by Gasteiger charge is 2.28. The van der Waals surface area contributed by atoms with Gasteiger partial charge in [-0.2, -0.15) is 5.10 Å². The number of aromatic nitrogens is 2. The van der Waals surface area contributed by atoms with Crippen molar-refractivity contribution in [2.75, 3.05) is 18.4 Å². The Morgan fingerprint density at radius 3 is 2.91 bits per heavy atom. The number of nitrogens with one attached hydrogen (secondary N) is 1. The van der Waals surface area contributed by atoms with Crippen LogP contribution in [0.15, 0.2) is 12.3 Å². The fourth-order valence-corrected chi connectivity index (χ4v) is 2.67. The summed E-state index contributed by atoms with van der Waals surface area (Å²) >= 11 is 0. The number of amides is 2. The van der Waals surface area contributed by atoms with Crippen molar-refractivity contribution < 1.29 is 19.5 Å². The molecule has 8 nitrogen and oxygen atoms in total. The molecule has 1 saturated heterocycles. The van der Waals surface area contributed by atoms with Crippen LogP contribution in [0.5, 0.6) is 0 Å². The summed E-state index contributed by atoms with van der Waals surface area (Å²) < 4.78 is 1.25. The molecule has 23 heavy (non-hydrogen) atoms. The van der Waals surface area contributed by atoms with Gasteiger partial charge in [0.1, 0.15) is 6.54 Å². The van der Waals surface area contributed by atoms with Gasteiger partial charge in [0.05, 0.1) is 5.92 Å². The summed E-state index contributed by atoms with van der Waals surface area (Å²) in [4.78, 5) is 36.6. The molecule has 2 heterocycles. The first-order valence-electron chi connectivity index (χ1n) is 7.83. The van der Waals surface area contributed by atoms with Crippen LogP contribution < -0.4 is 5.32 Å². The number of hydrogen-bond donors (Lipinski definition) is 2. The summed E-state index contributed by atoms with van der Waals surface area (Å²) in [5.74, 6) is -1.01. The Labute approximate surface area is 134 Å². The van der Waals surface area contributed by atoms with Crippen LogP contribution in [0.3, 0.4) is 0 Å². The van der Waals surface area contributed by atoms with E-state index >= 15 is 0 Å². The highest BCUT2D eigenvalue weighted by Crippen LogP contribution is 2.19. The number of carboxylic acid groups (broad SMARTS) is 1. The molecule has 1 atom stereocenters. The molecule has 0 spiro atoms. The van der Waals surface area contributed by atoms with Gasteiger partial charge in [-0.15, -0.1) is 0 Å². The minimum atomic E-state index is -0.997. The van der Waals surface area contributed by atoms with Crippen LogP contribution in [0.25, 0.3) is 0 Å². The number of anilines is 1. The monoisotopic (exact) mass is 322 g/mol. The molecule has 1 aromatic rings. The molecule has 1 aliphatic rings. The fraction of sp³-hybridized carbons (Fsp3) is 0.600. The maximum atomic E-state index is 12.3. The summed E-state index contributed by atoms with van der Waals surface area (Å²) in [6.07, 6.45) is 4.35. The molecule has 8 heteroatoms. The Morgan fingerprint density at radius 1 is 1.43 bits per heavy atom. The quantitative estimate of drug-likeness (QED) is 0.811. The number of hydrogen-bond acceptors (Lipinski definition) is 4. The highest BCUT2D eigenvalue weighted by atomic mass is 16.4. The van der Waals surface area contributed by atoms with Crippen molar-refractivity contribution in [2.45, 2.75) is 39.2 Å². The van der Waals surface area contributed by atoms with E-state index in [9.17, 15) is 14.4 Å². The second-order valence-corrected chi connectivity index (χ2v) is 5.71. The molecule has 0 radical (unpaired) electrons. The van der Waals surface area contributed by atoms with E-state index < -0.39 is 5.97 Å². The standard InChI is InChI=1S/C15H22N4O4/c1-2-4-13(20)18-7-3-5-11(9-18)15(23)16-12-6-8-19(17-12)10-14(21)22/h6,8,11H,2-5,7,9-10H2,1H3,(H,21,22)(H,16,17,23). The largest absolute Gasteiger partial charge is 0.480 e. The van der Waals surface area contributed by atoms with Crippen LogP contribution in [0.1, 0.15) is 32.6 Å². The van der Waals surface area contributed by atoms with Crippen molar-refractivity contribution in [1.82, 2.24) is 14.7 Å². The van der Waals surface area contributed by atoms with Crippen molar-refractivity contribution in [3.63, 3.8) is 0 Å². The first-order chi connectivity index (χ1) is 11.0. The third-order valence-electron chi connectivity index (χ3n) is 3.80. The first-order valence-corrected chi connectivity index (χ1v) is 7.83. The lowest BCUT2D eigenvalue weighted by molar-refractivity contribution is -0.138. The number of carbonyl (C=O) groups excluding carboxylic acids is 2. The van der Waals surface area contributed by atoms with Gasteiger partial charge in [0.25, 0.3) is 0 Å². The van der Waals surface area contributed by atoms with Crippen LogP contribution in [-0.4, -0.2) is 50.7 Å². The van der Waals surface area contributed by atoms with Crippen molar-refractivity contribution in [1.29, 1.82) is 0 Å². The van der Waals surface area contributed by atoms with Crippen LogP contribution in [-0.2, 0) is 20.9 Å². The molecule has 1 aromatic heterocycles. The number of likely N-dealkylation sites (tertiary alicyclic amines) is 1. The van der Waals surface area contributed by atoms with Gasteiger partial charge >= 0.3 is 5.97 Å². The zero-order valence-corrected chi connectivity index (χ0v) is 13.2. The lowest BCUT2D eigenvalue weighted by Gasteiger charge is -2.32. The van der Waals surface area contributed by atoms with Gasteiger partial charge in [-0.05, 0) is 19.3 Å². The van der Waals surface area contributed by atoms with Gasteiger partial charge in [-0.3, -0.25) is 19.1 Å². The summed E-state index contributed by atoms with van der Waals surface area (Å²) in [6.45, 7) is 2.84. The number of nitrogens with zero attached hydrogens (tertiary/aromatic N) is 3. The van der Waals surface area contributed by atoms with Gasteiger partial charge < -0.3 is 15.3 Å². The lowest BCUT2D eigenvalue weighted by atomic mass is 9.97. The summed E-state index contributed by atoms with van der Waals surface area (Å²) in [5, 5.41) is 15.4. The predicted octanol–water partition coefficient (Wildman–Crippen LogP) is 0.945. The first kappa shape index (κ1) is 17.0.